The van der Waals surface area contributed by atoms with Crippen LogP contribution in [0.4, 0.5) is 0 Å². The molecule has 0 aromatic carbocycles. The zero-order valence-electron chi connectivity index (χ0n) is 65.2. The maximum Gasteiger partial charge on any atom is 0.472 e. The molecule has 0 bridgehead atoms. The molecular formula is C85H144O17P2. The van der Waals surface area contributed by atoms with Crippen LogP contribution in [0, 0.1) is 0 Å². The molecule has 19 heteroatoms. The number of hydrogen-bond acceptors (Lipinski definition) is 15. The van der Waals surface area contributed by atoms with Crippen molar-refractivity contribution < 1.29 is 80.2 Å². The summed E-state index contributed by atoms with van der Waals surface area (Å²) in [6.45, 7) is 4.56. The minimum absolute atomic E-state index is 0.0688. The van der Waals surface area contributed by atoms with Crippen LogP contribution in [0.3, 0.4) is 0 Å². The molecule has 0 aliphatic carbocycles. The second kappa shape index (κ2) is 76.4. The molecule has 0 saturated heterocycles. The van der Waals surface area contributed by atoms with Gasteiger partial charge in [-0.1, -0.05) is 290 Å². The predicted molar refractivity (Wildman–Crippen MR) is 427 cm³/mol. The highest BCUT2D eigenvalue weighted by Gasteiger charge is 2.30. The Bertz CT molecular complexity index is 2490. The summed E-state index contributed by atoms with van der Waals surface area (Å²) < 4.78 is 68.6. The fourth-order valence-corrected chi connectivity index (χ4v) is 12.1. The molecule has 5 atom stereocenters. The molecule has 0 aliphatic rings. The van der Waals surface area contributed by atoms with Crippen LogP contribution in [0.25, 0.3) is 0 Å². The summed E-state index contributed by atoms with van der Waals surface area (Å²) in [6.07, 6.45) is 85.7. The zero-order valence-corrected chi connectivity index (χ0v) is 66.9. The molecule has 17 nitrogen and oxygen atoms in total. The van der Waals surface area contributed by atoms with Crippen molar-refractivity contribution in [2.75, 3.05) is 39.6 Å². The molecule has 104 heavy (non-hydrogen) atoms. The first-order chi connectivity index (χ1) is 50.7. The first-order valence-corrected chi connectivity index (χ1v) is 43.4. The van der Waals surface area contributed by atoms with Crippen molar-refractivity contribution in [2.24, 2.45) is 0 Å². The second-order valence-corrected chi connectivity index (χ2v) is 29.5. The summed E-state index contributed by atoms with van der Waals surface area (Å²) in [4.78, 5) is 73.0. The Hall–Kier alpha value is -4.80. The van der Waals surface area contributed by atoms with Crippen LogP contribution in [-0.4, -0.2) is 96.7 Å². The molecule has 0 heterocycles. The lowest BCUT2D eigenvalue weighted by Crippen LogP contribution is -2.30. The number of carbonyl (C=O) groups excluding carboxylic acids is 4. The van der Waals surface area contributed by atoms with Crippen LogP contribution in [0.15, 0.2) is 134 Å². The van der Waals surface area contributed by atoms with E-state index in [-0.39, 0.29) is 25.7 Å². The maximum atomic E-state index is 13.1. The van der Waals surface area contributed by atoms with E-state index in [1.807, 2.05) is 0 Å². The molecule has 3 N–H and O–H groups in total. The topological polar surface area (TPSA) is 237 Å². The third-order valence-electron chi connectivity index (χ3n) is 16.6. The SMILES string of the molecule is CC/C=C\C/C=C\C/C=C\C/C=C\C/C=C\CCCCCC(=O)OCC(COP(=O)(O)OCC(O)COP(=O)(O)OCC(COC(=O)CCCCCCCC/C=C\C/C=C\C/C=C\C/C=C\CC)OC(=O)CCCCCCCCCCCCC)OC(=O)CCCCCCC/C=C\C/C=C\CCCCC. The Balaban J connectivity index is 5.37. The van der Waals surface area contributed by atoms with Crippen molar-refractivity contribution in [1.29, 1.82) is 0 Å². The lowest BCUT2D eigenvalue weighted by molar-refractivity contribution is -0.161. The van der Waals surface area contributed by atoms with Gasteiger partial charge in [0.2, 0.25) is 0 Å². The van der Waals surface area contributed by atoms with Crippen LogP contribution < -0.4 is 0 Å². The number of hydrogen-bond donors (Lipinski definition) is 3. The number of carbonyl (C=O) groups is 4. The van der Waals surface area contributed by atoms with Gasteiger partial charge in [0.1, 0.15) is 19.3 Å². The molecule has 0 aromatic rings. The van der Waals surface area contributed by atoms with E-state index in [2.05, 4.69) is 161 Å². The first-order valence-electron chi connectivity index (χ1n) is 40.4. The number of phosphoric acid groups is 2. The Morgan fingerprint density at radius 2 is 0.500 bits per heavy atom. The van der Waals surface area contributed by atoms with Crippen LogP contribution in [0.5, 0.6) is 0 Å². The van der Waals surface area contributed by atoms with Gasteiger partial charge >= 0.3 is 39.5 Å². The molecule has 0 spiro atoms. The van der Waals surface area contributed by atoms with Crippen LogP contribution in [0.2, 0.25) is 0 Å². The number of unbranched alkanes of at least 4 members (excludes halogenated alkanes) is 27. The van der Waals surface area contributed by atoms with Gasteiger partial charge in [-0.2, -0.15) is 0 Å². The van der Waals surface area contributed by atoms with Gasteiger partial charge in [-0.05, 0) is 141 Å². The molecule has 0 amide bonds. The quantitative estimate of drug-likeness (QED) is 0.0169. The predicted octanol–water partition coefficient (Wildman–Crippen LogP) is 23.7. The van der Waals surface area contributed by atoms with Gasteiger partial charge in [0, 0.05) is 25.7 Å². The van der Waals surface area contributed by atoms with Crippen molar-refractivity contribution in [1.82, 2.24) is 0 Å². The average molecular weight is 1500 g/mol. The Morgan fingerprint density at radius 3 is 0.798 bits per heavy atom. The Morgan fingerprint density at radius 1 is 0.279 bits per heavy atom. The zero-order chi connectivity index (χ0) is 76.0. The molecule has 0 aromatic heterocycles. The van der Waals surface area contributed by atoms with Gasteiger partial charge in [-0.25, -0.2) is 9.13 Å². The monoisotopic (exact) mass is 1500 g/mol. The highest BCUT2D eigenvalue weighted by atomic mass is 31.2. The highest BCUT2D eigenvalue weighted by molar-refractivity contribution is 7.47. The number of phosphoric ester groups is 2. The molecule has 0 saturated carbocycles. The Kier molecular flexibility index (Phi) is 72.9. The van der Waals surface area contributed by atoms with E-state index >= 15 is 0 Å². The van der Waals surface area contributed by atoms with E-state index in [0.717, 1.165) is 186 Å². The van der Waals surface area contributed by atoms with E-state index in [9.17, 15) is 43.2 Å². The minimum atomic E-state index is -4.99. The van der Waals surface area contributed by atoms with E-state index in [0.29, 0.717) is 25.7 Å². The summed E-state index contributed by atoms with van der Waals surface area (Å²) in [5, 5.41) is 10.6. The third-order valence-corrected chi connectivity index (χ3v) is 18.5. The number of aliphatic hydroxyl groups excluding tert-OH is 1. The summed E-state index contributed by atoms with van der Waals surface area (Å²) in [6, 6.07) is 0. The third kappa shape index (κ3) is 75.4. The standard InChI is InChI=1S/C85H144O17P2/c1-5-9-13-17-21-25-29-32-35-37-39-41-44-46-50-53-57-61-65-69-82(87)95-75-80(101-84(89)71-67-63-59-55-49-28-24-20-16-12-8-4)77-99-103(91,92)97-73-79(86)74-98-104(93,94)100-78-81(102-85(90)72-68-64-60-56-52-48-43-34-31-27-23-19-15-11-7-3)76-96-83(88)70-66-62-58-54-51-47-45-42-40-38-36-33-30-26-22-18-14-10-6-2/h9-10,13-14,21-23,25-27,32-36,39-43,47,51,79-81,86H,5-8,11-12,15-20,24,28-31,37-38,44-46,48-50,52-78H2,1-4H3,(H,91,92)(H,93,94)/b13-9-,14-10-,25-21-,26-22-,27-23-,35-32-,36-33-,41-39-,42-40-,43-34-,51-47-. The lowest BCUT2D eigenvalue weighted by atomic mass is 10.1. The number of rotatable bonds is 75. The van der Waals surface area contributed by atoms with Crippen LogP contribution in [-0.2, 0) is 65.4 Å². The van der Waals surface area contributed by atoms with Gasteiger partial charge < -0.3 is 33.8 Å². The smallest absolute Gasteiger partial charge is 0.462 e. The van der Waals surface area contributed by atoms with Crippen LogP contribution in [0.1, 0.15) is 323 Å². The number of allylic oxidation sites excluding steroid dienone is 22. The molecule has 0 rings (SSSR count). The molecule has 596 valence electrons. The molecule has 0 fully saturated rings. The average Bonchev–Trinajstić information content (AvgIpc) is 0.929. The molecular weight excluding hydrogens is 1350 g/mol. The van der Waals surface area contributed by atoms with E-state index < -0.39 is 97.5 Å². The molecule has 0 aliphatic heterocycles. The summed E-state index contributed by atoms with van der Waals surface area (Å²) in [5.74, 6) is -2.24. The highest BCUT2D eigenvalue weighted by Crippen LogP contribution is 2.45. The van der Waals surface area contributed by atoms with Crippen molar-refractivity contribution in [3.8, 4) is 0 Å². The summed E-state index contributed by atoms with van der Waals surface area (Å²) in [7, 11) is -9.97. The number of esters is 4. The van der Waals surface area contributed by atoms with Gasteiger partial charge in [-0.3, -0.25) is 37.3 Å². The fraction of sp³-hybridized carbons (Fsp3) is 0.694. The van der Waals surface area contributed by atoms with Gasteiger partial charge in [0.25, 0.3) is 0 Å². The molecule has 5 unspecified atom stereocenters. The number of ether oxygens (including phenoxy) is 4. The Labute approximate surface area is 631 Å². The largest absolute Gasteiger partial charge is 0.472 e. The van der Waals surface area contributed by atoms with E-state index in [1.54, 1.807) is 0 Å². The normalized spacial score (nSPS) is 14.6. The second-order valence-electron chi connectivity index (χ2n) is 26.6. The minimum Gasteiger partial charge on any atom is -0.462 e. The lowest BCUT2D eigenvalue weighted by Gasteiger charge is -2.21. The maximum absolute atomic E-state index is 13.1. The van der Waals surface area contributed by atoms with Crippen molar-refractivity contribution >= 4 is 39.5 Å². The number of aliphatic hydroxyl groups is 1. The molecule has 0 radical (unpaired) electrons. The first kappa shape index (κ1) is 99.2. The van der Waals surface area contributed by atoms with Gasteiger partial charge in [0.05, 0.1) is 26.4 Å². The summed E-state index contributed by atoms with van der Waals surface area (Å²) in [5.41, 5.74) is 0. The van der Waals surface area contributed by atoms with Gasteiger partial charge in [-0.15, -0.1) is 0 Å². The van der Waals surface area contributed by atoms with E-state index in [1.165, 1.54) is 57.8 Å². The fourth-order valence-electron chi connectivity index (χ4n) is 10.5. The van der Waals surface area contributed by atoms with E-state index in [4.69, 9.17) is 37.0 Å². The van der Waals surface area contributed by atoms with Crippen molar-refractivity contribution in [3.63, 3.8) is 0 Å². The van der Waals surface area contributed by atoms with Crippen LogP contribution >= 0.6 is 15.6 Å². The summed E-state index contributed by atoms with van der Waals surface area (Å²) >= 11 is 0. The van der Waals surface area contributed by atoms with Crippen molar-refractivity contribution in [2.45, 2.75) is 341 Å². The van der Waals surface area contributed by atoms with Crippen molar-refractivity contribution in [3.05, 3.63) is 134 Å². The van der Waals surface area contributed by atoms with Gasteiger partial charge in [0.15, 0.2) is 12.2 Å².